The van der Waals surface area contributed by atoms with Crippen LogP contribution < -0.4 is 0 Å². The molecule has 1 aliphatic heterocycles. The molecule has 1 aromatic carbocycles. The second-order valence-electron chi connectivity index (χ2n) is 4.32. The fraction of sp³-hybridized carbons (Fsp3) is 0.214. The second-order valence-corrected chi connectivity index (χ2v) is 4.32. The molecule has 2 heterocycles. The third-order valence-corrected chi connectivity index (χ3v) is 2.97. The number of hydrogen-bond acceptors (Lipinski definition) is 2. The van der Waals surface area contributed by atoms with E-state index in [0.717, 1.165) is 0 Å². The van der Waals surface area contributed by atoms with Crippen molar-refractivity contribution in [1.29, 1.82) is 0 Å². The molecule has 0 spiro atoms. The number of carbonyl (C=O) groups is 1. The molecule has 1 atom stereocenters. The van der Waals surface area contributed by atoms with Crippen LogP contribution in [0.5, 0.6) is 0 Å². The first-order valence-electron chi connectivity index (χ1n) is 5.70. The Hall–Kier alpha value is -2.03. The van der Waals surface area contributed by atoms with E-state index in [-0.39, 0.29) is 11.9 Å². The molecule has 0 saturated heterocycles. The molecule has 1 unspecified atom stereocenters. The zero-order valence-corrected chi connectivity index (χ0v) is 9.37. The summed E-state index contributed by atoms with van der Waals surface area (Å²) in [7, 11) is 0. The summed E-state index contributed by atoms with van der Waals surface area (Å²) in [6.07, 6.45) is 7.57. The van der Waals surface area contributed by atoms with E-state index in [2.05, 4.69) is 29.1 Å². The number of allylic oxidation sites excluding steroid dienone is 1. The van der Waals surface area contributed by atoms with Gasteiger partial charge in [0.05, 0.1) is 12.8 Å². The summed E-state index contributed by atoms with van der Waals surface area (Å²) in [4.78, 5) is 11.3. The molecule has 0 bridgehead atoms. The van der Waals surface area contributed by atoms with E-state index in [4.69, 9.17) is 4.74 Å². The lowest BCUT2D eigenvalue weighted by Gasteiger charge is -2.18. The van der Waals surface area contributed by atoms with Crippen molar-refractivity contribution < 1.29 is 9.53 Å². The van der Waals surface area contributed by atoms with Crippen molar-refractivity contribution in [2.45, 2.75) is 19.1 Å². The summed E-state index contributed by atoms with van der Waals surface area (Å²) in [5, 5.41) is 2.43. The van der Waals surface area contributed by atoms with Crippen molar-refractivity contribution in [2.24, 2.45) is 0 Å². The molecule has 17 heavy (non-hydrogen) atoms. The second kappa shape index (κ2) is 4.09. The van der Waals surface area contributed by atoms with Gasteiger partial charge in [0, 0.05) is 24.9 Å². The zero-order chi connectivity index (χ0) is 11.7. The molecule has 0 amide bonds. The predicted octanol–water partition coefficient (Wildman–Crippen LogP) is 2.51. The molecule has 3 heteroatoms. The van der Waals surface area contributed by atoms with E-state index < -0.39 is 0 Å². The van der Waals surface area contributed by atoms with Crippen LogP contribution in [0, 0.1) is 0 Å². The highest BCUT2D eigenvalue weighted by atomic mass is 16.5. The molecule has 0 N–H and O–H groups in total. The summed E-state index contributed by atoms with van der Waals surface area (Å²) in [6.45, 7) is 0.713. The van der Waals surface area contributed by atoms with E-state index in [1.54, 1.807) is 0 Å². The monoisotopic (exact) mass is 227 g/mol. The third-order valence-electron chi connectivity index (χ3n) is 2.97. The minimum Gasteiger partial charge on any atom is -0.496 e. The zero-order valence-electron chi connectivity index (χ0n) is 9.37. The summed E-state index contributed by atoms with van der Waals surface area (Å²) in [5.41, 5.74) is 0. The smallest absolute Gasteiger partial charge is 0.162 e. The molecule has 1 aromatic heterocycles. The number of carbonyl (C=O) groups excluding carboxylic acids is 1. The number of ether oxygens (including phenoxy) is 1. The van der Waals surface area contributed by atoms with Gasteiger partial charge in [-0.1, -0.05) is 24.3 Å². The van der Waals surface area contributed by atoms with Gasteiger partial charge in [-0.2, -0.15) is 0 Å². The molecule has 3 nitrogen and oxygen atoms in total. The van der Waals surface area contributed by atoms with Crippen LogP contribution in [0.4, 0.5) is 0 Å². The molecule has 0 fully saturated rings. The van der Waals surface area contributed by atoms with Gasteiger partial charge in [-0.25, -0.2) is 0 Å². The molecule has 3 rings (SSSR count). The molecule has 2 aromatic rings. The first-order valence-corrected chi connectivity index (χ1v) is 5.70. The van der Waals surface area contributed by atoms with E-state index in [1.165, 1.54) is 23.1 Å². The molecule has 1 aliphatic rings. The maximum atomic E-state index is 11.3. The number of hydrogen-bond donors (Lipinski definition) is 0. The first-order chi connectivity index (χ1) is 8.31. The SMILES string of the molecule is O=C1C=COC(Cn2cc3ccccc3c2)C1. The summed E-state index contributed by atoms with van der Waals surface area (Å²) >= 11 is 0. The Kier molecular flexibility index (Phi) is 2.44. The lowest BCUT2D eigenvalue weighted by Crippen LogP contribution is -2.23. The molecule has 0 radical (unpaired) electrons. The van der Waals surface area contributed by atoms with Gasteiger partial charge >= 0.3 is 0 Å². The van der Waals surface area contributed by atoms with Crippen LogP contribution in [0.15, 0.2) is 49.0 Å². The van der Waals surface area contributed by atoms with Crippen molar-refractivity contribution in [1.82, 2.24) is 4.57 Å². The fourth-order valence-corrected chi connectivity index (χ4v) is 2.16. The Morgan fingerprint density at radius 3 is 2.59 bits per heavy atom. The van der Waals surface area contributed by atoms with Crippen LogP contribution in [-0.2, 0) is 16.1 Å². The number of rotatable bonds is 2. The number of nitrogens with zero attached hydrogens (tertiary/aromatic N) is 1. The topological polar surface area (TPSA) is 31.2 Å². The fourth-order valence-electron chi connectivity index (χ4n) is 2.16. The summed E-state index contributed by atoms with van der Waals surface area (Å²) in [6, 6.07) is 8.21. The van der Waals surface area contributed by atoms with Gasteiger partial charge in [0.25, 0.3) is 0 Å². The lowest BCUT2D eigenvalue weighted by atomic mass is 10.1. The average Bonchev–Trinajstić information content (AvgIpc) is 2.71. The first kappa shape index (κ1) is 10.1. The summed E-state index contributed by atoms with van der Waals surface area (Å²) < 4.78 is 7.51. The molecule has 86 valence electrons. The number of benzene rings is 1. The highest BCUT2D eigenvalue weighted by Crippen LogP contribution is 2.17. The van der Waals surface area contributed by atoms with Crippen LogP contribution in [0.2, 0.25) is 0 Å². The Morgan fingerprint density at radius 2 is 1.94 bits per heavy atom. The van der Waals surface area contributed by atoms with Crippen LogP contribution in [0.1, 0.15) is 6.42 Å². The van der Waals surface area contributed by atoms with Crippen molar-refractivity contribution >= 4 is 16.6 Å². The molecular formula is C14H13NO2. The van der Waals surface area contributed by atoms with Crippen molar-refractivity contribution in [3.63, 3.8) is 0 Å². The van der Waals surface area contributed by atoms with Crippen molar-refractivity contribution in [2.75, 3.05) is 0 Å². The van der Waals surface area contributed by atoms with Gasteiger partial charge in [0.1, 0.15) is 6.10 Å². The molecule has 0 saturated carbocycles. The maximum Gasteiger partial charge on any atom is 0.162 e. The number of fused-ring (bicyclic) bond motifs is 1. The largest absolute Gasteiger partial charge is 0.496 e. The predicted molar refractivity (Wildman–Crippen MR) is 65.6 cm³/mol. The standard InChI is InChI=1S/C14H13NO2/c16-13-5-6-17-14(7-13)10-15-8-11-3-1-2-4-12(11)9-15/h1-6,8-9,14H,7,10H2. The molecular weight excluding hydrogens is 214 g/mol. The maximum absolute atomic E-state index is 11.3. The van der Waals surface area contributed by atoms with E-state index in [9.17, 15) is 4.79 Å². The highest BCUT2D eigenvalue weighted by Gasteiger charge is 2.17. The van der Waals surface area contributed by atoms with E-state index in [1.807, 2.05) is 12.1 Å². The van der Waals surface area contributed by atoms with Crippen LogP contribution >= 0.6 is 0 Å². The van der Waals surface area contributed by atoms with Gasteiger partial charge < -0.3 is 9.30 Å². The van der Waals surface area contributed by atoms with Gasteiger partial charge in [-0.15, -0.1) is 0 Å². The quantitative estimate of drug-likeness (QED) is 0.789. The highest BCUT2D eigenvalue weighted by molar-refractivity contribution is 5.90. The normalized spacial score (nSPS) is 19.5. The number of aromatic nitrogens is 1. The van der Waals surface area contributed by atoms with Crippen LogP contribution in [0.3, 0.4) is 0 Å². The van der Waals surface area contributed by atoms with Crippen molar-refractivity contribution in [3.05, 3.63) is 49.0 Å². The van der Waals surface area contributed by atoms with E-state index >= 15 is 0 Å². The lowest BCUT2D eigenvalue weighted by molar-refractivity contribution is -0.118. The van der Waals surface area contributed by atoms with Crippen molar-refractivity contribution in [3.8, 4) is 0 Å². The molecule has 0 aliphatic carbocycles. The van der Waals surface area contributed by atoms with Crippen LogP contribution in [-0.4, -0.2) is 16.5 Å². The minimum absolute atomic E-state index is 0.0469. The Balaban J connectivity index is 1.80. The van der Waals surface area contributed by atoms with Gasteiger partial charge in [-0.3, -0.25) is 4.79 Å². The van der Waals surface area contributed by atoms with E-state index in [0.29, 0.717) is 13.0 Å². The number of ketones is 1. The van der Waals surface area contributed by atoms with Gasteiger partial charge in [-0.05, 0) is 10.8 Å². The average molecular weight is 227 g/mol. The minimum atomic E-state index is -0.0469. The summed E-state index contributed by atoms with van der Waals surface area (Å²) in [5.74, 6) is 0.137. The Morgan fingerprint density at radius 1 is 1.24 bits per heavy atom. The third kappa shape index (κ3) is 2.09. The van der Waals surface area contributed by atoms with Crippen LogP contribution in [0.25, 0.3) is 10.8 Å². The van der Waals surface area contributed by atoms with Gasteiger partial charge in [0.15, 0.2) is 5.78 Å². The van der Waals surface area contributed by atoms with Gasteiger partial charge in [0.2, 0.25) is 0 Å². The Bertz CT molecular complexity index is 550. The Labute approximate surface area is 99.3 Å².